The van der Waals surface area contributed by atoms with Gasteiger partial charge in [0, 0.05) is 23.4 Å². The molecule has 0 aliphatic heterocycles. The highest BCUT2D eigenvalue weighted by Gasteiger charge is 2.25. The zero-order chi connectivity index (χ0) is 15.6. The molecule has 0 aliphatic rings. The fourth-order valence-electron chi connectivity index (χ4n) is 1.23. The van der Waals surface area contributed by atoms with Gasteiger partial charge in [-0.25, -0.2) is 13.1 Å². The molecule has 0 bridgehead atoms. The molecule has 0 saturated heterocycles. The summed E-state index contributed by atoms with van der Waals surface area (Å²) in [7, 11) is -3.89. The molecule has 1 aromatic carbocycles. The summed E-state index contributed by atoms with van der Waals surface area (Å²) in [4.78, 5) is 9.75. The first-order valence-electron chi connectivity index (χ1n) is 5.58. The molecule has 0 aromatic heterocycles. The van der Waals surface area contributed by atoms with Crippen molar-refractivity contribution in [1.29, 1.82) is 0 Å². The molecule has 1 N–H and O–H groups in total. The number of nitro groups is 1. The predicted octanol–water partition coefficient (Wildman–Crippen LogP) is 2.67. The molecular formula is C11H15ClN2O4S2. The van der Waals surface area contributed by atoms with Crippen LogP contribution >= 0.6 is 23.4 Å². The number of nitro benzene ring substituents is 1. The van der Waals surface area contributed by atoms with Gasteiger partial charge >= 0.3 is 0 Å². The molecule has 6 nitrogen and oxygen atoms in total. The number of nitrogens with zero attached hydrogens (tertiary/aromatic N) is 1. The Morgan fingerprint density at radius 1 is 1.45 bits per heavy atom. The first-order valence-corrected chi connectivity index (χ1v) is 8.66. The second-order valence-electron chi connectivity index (χ2n) is 4.66. The zero-order valence-corrected chi connectivity index (χ0v) is 13.6. The topological polar surface area (TPSA) is 89.3 Å². The van der Waals surface area contributed by atoms with Crippen molar-refractivity contribution in [2.24, 2.45) is 0 Å². The monoisotopic (exact) mass is 338 g/mol. The number of thioether (sulfide) groups is 1. The molecule has 0 fully saturated rings. The Bertz CT molecular complexity index is 617. The fraction of sp³-hybridized carbons (Fsp3) is 0.455. The van der Waals surface area contributed by atoms with Crippen LogP contribution in [-0.2, 0) is 10.0 Å². The number of rotatable bonds is 6. The first-order chi connectivity index (χ1) is 9.09. The Kier molecular flexibility index (Phi) is 5.42. The second-order valence-corrected chi connectivity index (χ2v) is 8.32. The van der Waals surface area contributed by atoms with E-state index in [1.165, 1.54) is 17.8 Å². The third-order valence-electron chi connectivity index (χ3n) is 2.66. The lowest BCUT2D eigenvalue weighted by molar-refractivity contribution is -0.385. The van der Waals surface area contributed by atoms with Crippen LogP contribution in [0.4, 0.5) is 5.69 Å². The van der Waals surface area contributed by atoms with Crippen LogP contribution in [0.2, 0.25) is 5.02 Å². The van der Waals surface area contributed by atoms with Gasteiger partial charge in [-0.05, 0) is 26.2 Å². The Balaban J connectivity index is 3.09. The minimum absolute atomic E-state index is 0.0509. The van der Waals surface area contributed by atoms with E-state index in [4.69, 9.17) is 11.6 Å². The lowest BCUT2D eigenvalue weighted by Crippen LogP contribution is -2.36. The van der Waals surface area contributed by atoms with Crippen LogP contribution in [0.25, 0.3) is 0 Å². The minimum Gasteiger partial charge on any atom is -0.258 e. The van der Waals surface area contributed by atoms with E-state index in [-0.39, 0.29) is 26.9 Å². The molecule has 0 amide bonds. The van der Waals surface area contributed by atoms with E-state index < -0.39 is 14.9 Å². The quantitative estimate of drug-likeness (QED) is 0.636. The number of sulfonamides is 1. The summed E-state index contributed by atoms with van der Waals surface area (Å²) < 4.78 is 26.5. The van der Waals surface area contributed by atoms with Gasteiger partial charge < -0.3 is 0 Å². The van der Waals surface area contributed by atoms with Crippen LogP contribution in [0.15, 0.2) is 23.1 Å². The lowest BCUT2D eigenvalue weighted by Gasteiger charge is -2.22. The van der Waals surface area contributed by atoms with Gasteiger partial charge in [0.05, 0.1) is 9.95 Å². The standard InChI is InChI=1S/C11H15ClN2O4S2/c1-11(2,19-3)7-13-20(17,18)10-6-8(14(15)16)4-5-9(10)12/h4-6,13H,7H2,1-3H3. The summed E-state index contributed by atoms with van der Waals surface area (Å²) in [6.07, 6.45) is 1.87. The third kappa shape index (κ3) is 4.34. The van der Waals surface area contributed by atoms with Gasteiger partial charge in [-0.2, -0.15) is 11.8 Å². The van der Waals surface area contributed by atoms with E-state index >= 15 is 0 Å². The number of hydrogen-bond acceptors (Lipinski definition) is 5. The van der Waals surface area contributed by atoms with Crippen molar-refractivity contribution in [3.8, 4) is 0 Å². The van der Waals surface area contributed by atoms with Gasteiger partial charge in [-0.15, -0.1) is 0 Å². The van der Waals surface area contributed by atoms with Gasteiger partial charge in [0.1, 0.15) is 4.90 Å². The van der Waals surface area contributed by atoms with Gasteiger partial charge in [0.2, 0.25) is 10.0 Å². The molecule has 0 unspecified atom stereocenters. The van der Waals surface area contributed by atoms with E-state index in [1.54, 1.807) is 0 Å². The number of benzene rings is 1. The summed E-state index contributed by atoms with van der Waals surface area (Å²) in [5.74, 6) is 0. The van der Waals surface area contributed by atoms with E-state index in [0.717, 1.165) is 12.1 Å². The van der Waals surface area contributed by atoms with Crippen molar-refractivity contribution in [2.45, 2.75) is 23.5 Å². The molecule has 1 rings (SSSR count). The van der Waals surface area contributed by atoms with Crippen molar-refractivity contribution >= 4 is 39.1 Å². The lowest BCUT2D eigenvalue weighted by atomic mass is 10.2. The van der Waals surface area contributed by atoms with E-state index in [9.17, 15) is 18.5 Å². The Morgan fingerprint density at radius 2 is 2.05 bits per heavy atom. The van der Waals surface area contributed by atoms with E-state index in [1.807, 2.05) is 20.1 Å². The highest BCUT2D eigenvalue weighted by atomic mass is 35.5. The summed E-state index contributed by atoms with van der Waals surface area (Å²) in [5.41, 5.74) is -0.320. The molecule has 0 spiro atoms. The zero-order valence-electron chi connectivity index (χ0n) is 11.2. The molecule has 112 valence electrons. The van der Waals surface area contributed by atoms with Crippen molar-refractivity contribution < 1.29 is 13.3 Å². The Hall–Kier alpha value is -0.830. The molecule has 0 aliphatic carbocycles. The van der Waals surface area contributed by atoms with E-state index in [2.05, 4.69) is 4.72 Å². The number of nitrogens with one attached hydrogen (secondary N) is 1. The average molecular weight is 339 g/mol. The fourth-order valence-corrected chi connectivity index (χ4v) is 3.27. The van der Waals surface area contributed by atoms with Crippen molar-refractivity contribution in [2.75, 3.05) is 12.8 Å². The molecule has 1 aromatic rings. The second kappa shape index (κ2) is 6.30. The molecule has 0 saturated carbocycles. The van der Waals surface area contributed by atoms with Crippen LogP contribution in [-0.4, -0.2) is 30.9 Å². The van der Waals surface area contributed by atoms with Crippen LogP contribution in [0, 0.1) is 10.1 Å². The average Bonchev–Trinajstić information content (AvgIpc) is 2.37. The van der Waals surface area contributed by atoms with Crippen molar-refractivity contribution in [3.63, 3.8) is 0 Å². The third-order valence-corrected chi connectivity index (χ3v) is 5.79. The van der Waals surface area contributed by atoms with Crippen molar-refractivity contribution in [3.05, 3.63) is 33.3 Å². The molecule has 20 heavy (non-hydrogen) atoms. The maximum Gasteiger partial charge on any atom is 0.270 e. The van der Waals surface area contributed by atoms with Crippen LogP contribution < -0.4 is 4.72 Å². The van der Waals surface area contributed by atoms with Crippen molar-refractivity contribution in [1.82, 2.24) is 4.72 Å². The summed E-state index contributed by atoms with van der Waals surface area (Å²) >= 11 is 7.33. The normalized spacial score (nSPS) is 12.4. The maximum absolute atomic E-state index is 12.2. The summed E-state index contributed by atoms with van der Waals surface area (Å²) in [5, 5.41) is 10.6. The smallest absolute Gasteiger partial charge is 0.258 e. The number of non-ortho nitro benzene ring substituents is 1. The summed E-state index contributed by atoms with van der Waals surface area (Å²) in [6, 6.07) is 3.32. The van der Waals surface area contributed by atoms with Crippen LogP contribution in [0.5, 0.6) is 0 Å². The highest BCUT2D eigenvalue weighted by molar-refractivity contribution is 8.00. The molecule has 0 heterocycles. The molecule has 0 radical (unpaired) electrons. The van der Waals surface area contributed by atoms with Gasteiger partial charge in [-0.1, -0.05) is 11.6 Å². The van der Waals surface area contributed by atoms with Crippen LogP contribution in [0.3, 0.4) is 0 Å². The maximum atomic E-state index is 12.2. The summed E-state index contributed by atoms with van der Waals surface area (Å²) in [6.45, 7) is 3.96. The number of halogens is 1. The van der Waals surface area contributed by atoms with Gasteiger partial charge in [-0.3, -0.25) is 10.1 Å². The van der Waals surface area contributed by atoms with Gasteiger partial charge in [0.25, 0.3) is 5.69 Å². The van der Waals surface area contributed by atoms with E-state index in [0.29, 0.717) is 0 Å². The Morgan fingerprint density at radius 3 is 2.55 bits per heavy atom. The Labute approximate surface area is 127 Å². The predicted molar refractivity (Wildman–Crippen MR) is 80.9 cm³/mol. The number of hydrogen-bond donors (Lipinski definition) is 1. The largest absolute Gasteiger partial charge is 0.270 e. The minimum atomic E-state index is -3.89. The SMILES string of the molecule is CSC(C)(C)CNS(=O)(=O)c1cc([N+](=O)[O-])ccc1Cl. The molecule has 0 atom stereocenters. The molecule has 9 heteroatoms. The van der Waals surface area contributed by atoms with Crippen LogP contribution in [0.1, 0.15) is 13.8 Å². The van der Waals surface area contributed by atoms with Gasteiger partial charge in [0.15, 0.2) is 0 Å². The first kappa shape index (κ1) is 17.2. The molecular weight excluding hydrogens is 324 g/mol. The highest BCUT2D eigenvalue weighted by Crippen LogP contribution is 2.27.